The predicted molar refractivity (Wildman–Crippen MR) is 137 cm³/mol. The van der Waals surface area contributed by atoms with Crippen molar-refractivity contribution in [1.29, 1.82) is 0 Å². The van der Waals surface area contributed by atoms with Gasteiger partial charge < -0.3 is 5.11 Å². The van der Waals surface area contributed by atoms with Gasteiger partial charge in [-0.2, -0.15) is 0 Å². The number of rotatable bonds is 4. The summed E-state index contributed by atoms with van der Waals surface area (Å²) in [5, 5.41) is 11.8. The molecule has 0 amide bonds. The van der Waals surface area contributed by atoms with Crippen LogP contribution in [0.5, 0.6) is 0 Å². The molecule has 9 atom stereocenters. The number of hydrogen-bond donors (Lipinski definition) is 1. The lowest BCUT2D eigenvalue weighted by atomic mass is 9.34. The first kappa shape index (κ1) is 24.6. The second kappa shape index (κ2) is 8.00. The molecule has 1 N–H and O–H groups in total. The van der Waals surface area contributed by atoms with Gasteiger partial charge in [-0.05, 0) is 123 Å². The molecular formula is C31H52O. The summed E-state index contributed by atoms with van der Waals surface area (Å²) in [6, 6.07) is 0. The highest BCUT2D eigenvalue weighted by atomic mass is 16.3. The summed E-state index contributed by atoms with van der Waals surface area (Å²) in [6.07, 6.45) is 13.3. The largest absolute Gasteiger partial charge is 0.393 e. The van der Waals surface area contributed by atoms with Crippen LogP contribution in [-0.2, 0) is 0 Å². The number of hydrogen-bond acceptors (Lipinski definition) is 1. The number of allylic oxidation sites excluding steroid dienone is 3. The van der Waals surface area contributed by atoms with Crippen molar-refractivity contribution >= 4 is 0 Å². The van der Waals surface area contributed by atoms with Gasteiger partial charge in [0, 0.05) is 0 Å². The summed E-state index contributed by atoms with van der Waals surface area (Å²) in [5.41, 5.74) is 4.17. The lowest BCUT2D eigenvalue weighted by molar-refractivity contribution is -0.233. The van der Waals surface area contributed by atoms with Crippen molar-refractivity contribution in [3.63, 3.8) is 0 Å². The molecule has 1 heteroatoms. The molecule has 4 saturated carbocycles. The van der Waals surface area contributed by atoms with Gasteiger partial charge in [-0.3, -0.25) is 0 Å². The van der Waals surface area contributed by atoms with E-state index in [4.69, 9.17) is 0 Å². The minimum Gasteiger partial charge on any atom is -0.393 e. The first-order valence-electron chi connectivity index (χ1n) is 13.8. The Hall–Kier alpha value is -0.560. The Labute approximate surface area is 199 Å². The fourth-order valence-electron chi connectivity index (χ4n) is 10.1. The van der Waals surface area contributed by atoms with Crippen molar-refractivity contribution in [2.24, 2.45) is 51.2 Å². The van der Waals surface area contributed by atoms with Gasteiger partial charge in [0.2, 0.25) is 0 Å². The van der Waals surface area contributed by atoms with Gasteiger partial charge in [-0.15, -0.1) is 0 Å². The van der Waals surface area contributed by atoms with Gasteiger partial charge in [-0.1, -0.05) is 65.3 Å². The van der Waals surface area contributed by atoms with Crippen LogP contribution in [0.15, 0.2) is 23.8 Å². The maximum absolute atomic E-state index is 11.8. The zero-order valence-corrected chi connectivity index (χ0v) is 22.6. The third-order valence-electron chi connectivity index (χ3n) is 12.5. The van der Waals surface area contributed by atoms with Crippen molar-refractivity contribution < 1.29 is 5.11 Å². The van der Waals surface area contributed by atoms with Crippen LogP contribution in [0.4, 0.5) is 0 Å². The molecule has 8 unspecified atom stereocenters. The van der Waals surface area contributed by atoms with E-state index in [1.54, 1.807) is 0 Å². The van der Waals surface area contributed by atoms with E-state index in [1.165, 1.54) is 49.7 Å². The van der Waals surface area contributed by atoms with Gasteiger partial charge in [0.15, 0.2) is 0 Å². The van der Waals surface area contributed by atoms with Crippen molar-refractivity contribution in [2.45, 2.75) is 119 Å². The number of aliphatic hydroxyl groups is 1. The zero-order chi connectivity index (χ0) is 23.7. The summed E-state index contributed by atoms with van der Waals surface area (Å²) in [7, 11) is 0. The fourth-order valence-corrected chi connectivity index (χ4v) is 10.1. The van der Waals surface area contributed by atoms with Crippen LogP contribution in [0.25, 0.3) is 0 Å². The summed E-state index contributed by atoms with van der Waals surface area (Å²) >= 11 is 0. The van der Waals surface area contributed by atoms with Gasteiger partial charge in [-0.25, -0.2) is 0 Å². The molecule has 182 valence electrons. The van der Waals surface area contributed by atoms with Gasteiger partial charge in [0.25, 0.3) is 0 Å². The maximum Gasteiger partial charge on any atom is 0.0582 e. The fraction of sp³-hybridized carbons (Fsp3) is 0.871. The lowest BCUT2D eigenvalue weighted by Crippen LogP contribution is -2.65. The van der Waals surface area contributed by atoms with Crippen molar-refractivity contribution in [2.75, 3.05) is 0 Å². The monoisotopic (exact) mass is 440 g/mol. The van der Waals surface area contributed by atoms with E-state index < -0.39 is 0 Å². The molecule has 0 bridgehead atoms. The van der Waals surface area contributed by atoms with Crippen molar-refractivity contribution in [3.05, 3.63) is 23.8 Å². The summed E-state index contributed by atoms with van der Waals surface area (Å²) in [4.78, 5) is 0. The average molecular weight is 441 g/mol. The molecule has 0 aromatic rings. The highest BCUT2D eigenvalue weighted by Crippen LogP contribution is 2.75. The van der Waals surface area contributed by atoms with E-state index in [9.17, 15) is 5.11 Å². The first-order chi connectivity index (χ1) is 14.8. The summed E-state index contributed by atoms with van der Waals surface area (Å²) < 4.78 is 0. The van der Waals surface area contributed by atoms with Crippen LogP contribution in [0.2, 0.25) is 0 Å². The Morgan fingerprint density at radius 1 is 0.938 bits per heavy atom. The predicted octanol–water partition coefficient (Wildman–Crippen LogP) is 8.58. The highest BCUT2D eigenvalue weighted by molar-refractivity contribution is 5.22. The van der Waals surface area contributed by atoms with Crippen LogP contribution >= 0.6 is 0 Å². The molecular weight excluding hydrogens is 388 g/mol. The average Bonchev–Trinajstić information content (AvgIpc) is 3.07. The van der Waals surface area contributed by atoms with Crippen molar-refractivity contribution in [3.8, 4) is 0 Å². The molecule has 0 saturated heterocycles. The maximum atomic E-state index is 11.8. The van der Waals surface area contributed by atoms with Crippen LogP contribution in [0.1, 0.15) is 113 Å². The molecule has 0 radical (unpaired) electrons. The zero-order valence-electron chi connectivity index (χ0n) is 22.6. The molecule has 0 aliphatic heterocycles. The SMILES string of the molecule is C=C(CCC=C(C)C)C1CC[C@]2(C)C1C(O)CC1C3(C)CCC(C)C(C)(C)C3CCC12C. The molecule has 4 fully saturated rings. The molecule has 0 aromatic carbocycles. The van der Waals surface area contributed by atoms with Crippen LogP contribution < -0.4 is 0 Å². The highest BCUT2D eigenvalue weighted by Gasteiger charge is 2.70. The van der Waals surface area contributed by atoms with Gasteiger partial charge >= 0.3 is 0 Å². The molecule has 0 aromatic heterocycles. The lowest BCUT2D eigenvalue weighted by Gasteiger charge is -2.70. The van der Waals surface area contributed by atoms with Gasteiger partial charge in [0.1, 0.15) is 0 Å². The smallest absolute Gasteiger partial charge is 0.0582 e. The topological polar surface area (TPSA) is 20.2 Å². The third-order valence-corrected chi connectivity index (χ3v) is 12.5. The van der Waals surface area contributed by atoms with E-state index in [2.05, 4.69) is 68.0 Å². The van der Waals surface area contributed by atoms with Crippen molar-refractivity contribution in [1.82, 2.24) is 0 Å². The van der Waals surface area contributed by atoms with Crippen LogP contribution in [0.3, 0.4) is 0 Å². The number of aliphatic hydroxyl groups excluding tert-OH is 1. The van der Waals surface area contributed by atoms with E-state index in [-0.39, 0.29) is 11.5 Å². The Morgan fingerprint density at radius 3 is 2.25 bits per heavy atom. The first-order valence-corrected chi connectivity index (χ1v) is 13.8. The second-order valence-electron chi connectivity index (χ2n) is 14.2. The number of fused-ring (bicyclic) bond motifs is 5. The molecule has 1 nitrogen and oxygen atoms in total. The summed E-state index contributed by atoms with van der Waals surface area (Å²) in [6.45, 7) is 24.4. The van der Waals surface area contributed by atoms with Crippen LogP contribution in [0, 0.1) is 51.2 Å². The molecule has 4 rings (SSSR count). The quantitative estimate of drug-likeness (QED) is 0.434. The molecule has 4 aliphatic carbocycles. The standard InChI is InChI=1S/C31H52O/c1-20(2)11-10-12-21(3)23-14-17-31(9)27(23)24(32)19-26-29(7)16-13-22(4)28(5,6)25(29)15-18-30(26,31)8/h11,22-27,32H,3,10,12-19H2,1-2,4-9H3/t22?,23?,24?,25?,26?,27?,29?,30?,31-/m1/s1. The molecule has 0 spiro atoms. The van der Waals surface area contributed by atoms with E-state index >= 15 is 0 Å². The minimum atomic E-state index is -0.163. The Balaban J connectivity index is 1.64. The third kappa shape index (κ3) is 3.34. The molecule has 32 heavy (non-hydrogen) atoms. The molecule has 4 aliphatic rings. The van der Waals surface area contributed by atoms with Gasteiger partial charge in [0.05, 0.1) is 6.10 Å². The van der Waals surface area contributed by atoms with Crippen LogP contribution in [-0.4, -0.2) is 11.2 Å². The Kier molecular flexibility index (Phi) is 6.14. The Bertz CT molecular complexity index is 771. The van der Waals surface area contributed by atoms with E-state index in [0.717, 1.165) is 31.1 Å². The second-order valence-corrected chi connectivity index (χ2v) is 14.2. The Morgan fingerprint density at radius 2 is 1.59 bits per heavy atom. The normalized spacial score (nSPS) is 49.5. The minimum absolute atomic E-state index is 0.163. The van der Waals surface area contributed by atoms with E-state index in [1.807, 2.05) is 0 Å². The molecule has 0 heterocycles. The summed E-state index contributed by atoms with van der Waals surface area (Å²) in [5.74, 6) is 3.15. The van der Waals surface area contributed by atoms with E-state index in [0.29, 0.717) is 34.0 Å².